The fourth-order valence-electron chi connectivity index (χ4n) is 5.27. The number of carbonyl (C=O) groups is 2. The predicted molar refractivity (Wildman–Crippen MR) is 96.2 cm³/mol. The summed E-state index contributed by atoms with van der Waals surface area (Å²) in [6.07, 6.45) is 8.77. The molecule has 4 rings (SSSR count). The maximum Gasteiger partial charge on any atom is 0.320 e. The molecule has 3 atom stereocenters. The molecule has 0 aromatic carbocycles. The van der Waals surface area contributed by atoms with Gasteiger partial charge in [0.05, 0.1) is 5.92 Å². The Labute approximate surface area is 150 Å². The van der Waals surface area contributed by atoms with E-state index in [2.05, 4.69) is 5.32 Å². The number of nitrogens with one attached hydrogen (secondary N) is 1. The molecule has 4 aliphatic rings. The summed E-state index contributed by atoms with van der Waals surface area (Å²) in [6, 6.07) is 1.71. The molecule has 6 heteroatoms. The third-order valence-corrected chi connectivity index (χ3v) is 6.76. The molecule has 0 radical (unpaired) electrons. The summed E-state index contributed by atoms with van der Waals surface area (Å²) in [5, 5.41) is 3.65. The minimum Gasteiger partial charge on any atom is -0.342 e. The van der Waals surface area contributed by atoms with Crippen molar-refractivity contribution in [3.05, 3.63) is 0 Å². The summed E-state index contributed by atoms with van der Waals surface area (Å²) in [6.45, 7) is 3.17. The number of rotatable bonds is 2. The van der Waals surface area contributed by atoms with Gasteiger partial charge in [-0.3, -0.25) is 4.79 Å². The van der Waals surface area contributed by atoms with Gasteiger partial charge in [-0.25, -0.2) is 4.79 Å². The van der Waals surface area contributed by atoms with Gasteiger partial charge < -0.3 is 20.0 Å². The normalized spacial score (nSPS) is 35.1. The SMILES string of the molecule is CN(C(=O)C1CCCN(C(=O)N2CCCC2)C1)C1CC2CCC(C1)N2. The highest BCUT2D eigenvalue weighted by Crippen LogP contribution is 2.31. The van der Waals surface area contributed by atoms with Crippen LogP contribution in [0, 0.1) is 5.92 Å². The standard InChI is InChI=1S/C19H32N4O2/c1-21(17-11-15-6-7-16(12-17)20-15)18(24)14-5-4-10-23(13-14)19(25)22-8-2-3-9-22/h14-17,20H,2-13H2,1H3. The highest BCUT2D eigenvalue weighted by molar-refractivity contribution is 5.81. The quantitative estimate of drug-likeness (QED) is 0.826. The van der Waals surface area contributed by atoms with E-state index in [-0.39, 0.29) is 17.9 Å². The summed E-state index contributed by atoms with van der Waals surface area (Å²) in [7, 11) is 1.99. The first-order valence-electron chi connectivity index (χ1n) is 10.2. The predicted octanol–water partition coefficient (Wildman–Crippen LogP) is 1.66. The van der Waals surface area contributed by atoms with E-state index in [1.165, 1.54) is 12.8 Å². The van der Waals surface area contributed by atoms with Crippen molar-refractivity contribution in [2.45, 2.75) is 69.5 Å². The van der Waals surface area contributed by atoms with E-state index in [1.807, 2.05) is 21.7 Å². The van der Waals surface area contributed by atoms with E-state index in [1.54, 1.807) is 0 Å². The van der Waals surface area contributed by atoms with Crippen molar-refractivity contribution in [2.24, 2.45) is 5.92 Å². The fourth-order valence-corrected chi connectivity index (χ4v) is 5.27. The molecule has 25 heavy (non-hydrogen) atoms. The first-order chi connectivity index (χ1) is 12.1. The van der Waals surface area contributed by atoms with Crippen molar-refractivity contribution in [3.63, 3.8) is 0 Å². The van der Waals surface area contributed by atoms with Crippen LogP contribution in [-0.4, -0.2) is 78.0 Å². The molecule has 1 N–H and O–H groups in total. The van der Waals surface area contributed by atoms with Gasteiger partial charge in [0, 0.05) is 51.4 Å². The Kier molecular flexibility index (Phi) is 4.89. The topological polar surface area (TPSA) is 55.9 Å². The van der Waals surface area contributed by atoms with Gasteiger partial charge in [-0.15, -0.1) is 0 Å². The zero-order chi connectivity index (χ0) is 17.4. The fraction of sp³-hybridized carbons (Fsp3) is 0.895. The molecule has 2 bridgehead atoms. The van der Waals surface area contributed by atoms with Gasteiger partial charge in [-0.2, -0.15) is 0 Å². The molecule has 6 nitrogen and oxygen atoms in total. The number of fused-ring (bicyclic) bond motifs is 2. The molecule has 4 fully saturated rings. The van der Waals surface area contributed by atoms with Crippen molar-refractivity contribution in [2.75, 3.05) is 33.2 Å². The number of hydrogen-bond acceptors (Lipinski definition) is 3. The second kappa shape index (κ2) is 7.14. The Hall–Kier alpha value is -1.30. The lowest BCUT2D eigenvalue weighted by Gasteiger charge is -2.40. The molecule has 0 aromatic heterocycles. The second-order valence-electron chi connectivity index (χ2n) is 8.47. The molecule has 3 unspecified atom stereocenters. The van der Waals surface area contributed by atoms with Gasteiger partial charge in [0.1, 0.15) is 0 Å². The number of carbonyl (C=O) groups excluding carboxylic acids is 2. The molecule has 0 saturated carbocycles. The van der Waals surface area contributed by atoms with Crippen molar-refractivity contribution < 1.29 is 9.59 Å². The lowest BCUT2D eigenvalue weighted by molar-refractivity contribution is -0.138. The van der Waals surface area contributed by atoms with Crippen LogP contribution in [0.3, 0.4) is 0 Å². The Morgan fingerprint density at radius 3 is 2.24 bits per heavy atom. The molecule has 4 saturated heterocycles. The van der Waals surface area contributed by atoms with Gasteiger partial charge in [-0.1, -0.05) is 0 Å². The molecule has 3 amide bonds. The summed E-state index contributed by atoms with van der Waals surface area (Å²) in [5.41, 5.74) is 0. The summed E-state index contributed by atoms with van der Waals surface area (Å²) >= 11 is 0. The van der Waals surface area contributed by atoms with Crippen molar-refractivity contribution in [3.8, 4) is 0 Å². The van der Waals surface area contributed by atoms with E-state index in [9.17, 15) is 9.59 Å². The van der Waals surface area contributed by atoms with Gasteiger partial charge in [0.25, 0.3) is 0 Å². The van der Waals surface area contributed by atoms with E-state index >= 15 is 0 Å². The monoisotopic (exact) mass is 348 g/mol. The van der Waals surface area contributed by atoms with Crippen LogP contribution in [0.2, 0.25) is 0 Å². The third-order valence-electron chi connectivity index (χ3n) is 6.76. The van der Waals surface area contributed by atoms with Gasteiger partial charge >= 0.3 is 6.03 Å². The van der Waals surface area contributed by atoms with Crippen LogP contribution in [0.1, 0.15) is 51.4 Å². The first-order valence-corrected chi connectivity index (χ1v) is 10.2. The lowest BCUT2D eigenvalue weighted by Crippen LogP contribution is -2.53. The molecule has 4 aliphatic heterocycles. The van der Waals surface area contributed by atoms with Crippen LogP contribution in [0.15, 0.2) is 0 Å². The maximum absolute atomic E-state index is 13.1. The summed E-state index contributed by atoms with van der Waals surface area (Å²) in [4.78, 5) is 31.6. The maximum atomic E-state index is 13.1. The van der Waals surface area contributed by atoms with Crippen LogP contribution in [0.4, 0.5) is 4.79 Å². The van der Waals surface area contributed by atoms with E-state index in [0.29, 0.717) is 24.7 Å². The molecule has 0 aromatic rings. The Morgan fingerprint density at radius 1 is 0.920 bits per heavy atom. The molecule has 140 valence electrons. The number of likely N-dealkylation sites (tertiary alicyclic amines) is 2. The van der Waals surface area contributed by atoms with Crippen LogP contribution in [-0.2, 0) is 4.79 Å². The summed E-state index contributed by atoms with van der Waals surface area (Å²) in [5.74, 6) is 0.239. The van der Waals surface area contributed by atoms with Gasteiger partial charge in [-0.05, 0) is 51.4 Å². The number of amides is 3. The first kappa shape index (κ1) is 17.1. The number of urea groups is 1. The van der Waals surface area contributed by atoms with E-state index in [0.717, 1.165) is 58.2 Å². The van der Waals surface area contributed by atoms with Gasteiger partial charge in [0.15, 0.2) is 0 Å². The van der Waals surface area contributed by atoms with Crippen LogP contribution >= 0.6 is 0 Å². The van der Waals surface area contributed by atoms with Crippen LogP contribution in [0.5, 0.6) is 0 Å². The Bertz CT molecular complexity index is 508. The number of nitrogens with zero attached hydrogens (tertiary/aromatic N) is 3. The van der Waals surface area contributed by atoms with Crippen molar-refractivity contribution >= 4 is 11.9 Å². The highest BCUT2D eigenvalue weighted by Gasteiger charge is 2.39. The van der Waals surface area contributed by atoms with E-state index in [4.69, 9.17) is 0 Å². The second-order valence-corrected chi connectivity index (χ2v) is 8.47. The lowest BCUT2D eigenvalue weighted by atomic mass is 9.93. The minimum absolute atomic E-state index is 0.0159. The molecular weight excluding hydrogens is 316 g/mol. The van der Waals surface area contributed by atoms with E-state index < -0.39 is 0 Å². The van der Waals surface area contributed by atoms with Gasteiger partial charge in [0.2, 0.25) is 5.91 Å². The highest BCUT2D eigenvalue weighted by atomic mass is 16.2. The summed E-state index contributed by atoms with van der Waals surface area (Å²) < 4.78 is 0. The van der Waals surface area contributed by atoms with Crippen LogP contribution in [0.25, 0.3) is 0 Å². The Balaban J connectivity index is 1.35. The molecule has 0 aliphatic carbocycles. The van der Waals surface area contributed by atoms with Crippen molar-refractivity contribution in [1.29, 1.82) is 0 Å². The number of hydrogen-bond donors (Lipinski definition) is 1. The molecule has 4 heterocycles. The molecular formula is C19H32N4O2. The van der Waals surface area contributed by atoms with Crippen LogP contribution < -0.4 is 5.32 Å². The average molecular weight is 348 g/mol. The average Bonchev–Trinajstić information content (AvgIpc) is 3.29. The number of piperidine rings is 2. The third kappa shape index (κ3) is 3.50. The minimum atomic E-state index is -0.0159. The smallest absolute Gasteiger partial charge is 0.320 e. The van der Waals surface area contributed by atoms with Crippen molar-refractivity contribution in [1.82, 2.24) is 20.0 Å². The largest absolute Gasteiger partial charge is 0.342 e. The Morgan fingerprint density at radius 2 is 1.56 bits per heavy atom. The zero-order valence-electron chi connectivity index (χ0n) is 15.5. The zero-order valence-corrected chi connectivity index (χ0v) is 15.5. The molecule has 0 spiro atoms.